The van der Waals surface area contributed by atoms with Crippen LogP contribution in [0.15, 0.2) is 41.2 Å². The van der Waals surface area contributed by atoms with E-state index in [1.54, 1.807) is 18.2 Å². The quantitative estimate of drug-likeness (QED) is 0.671. The van der Waals surface area contributed by atoms with Crippen molar-refractivity contribution in [2.45, 2.75) is 39.9 Å². The van der Waals surface area contributed by atoms with E-state index in [2.05, 4.69) is 9.97 Å². The summed E-state index contributed by atoms with van der Waals surface area (Å²) in [5.41, 5.74) is 0.597. The molecule has 0 aliphatic heterocycles. The molecular weight excluding hydrogens is 360 g/mol. The Labute approximate surface area is 162 Å². The lowest BCUT2D eigenvalue weighted by atomic mass is 10.1. The summed E-state index contributed by atoms with van der Waals surface area (Å²) in [5, 5.41) is 9.34. The van der Waals surface area contributed by atoms with Gasteiger partial charge in [0.1, 0.15) is 17.3 Å². The summed E-state index contributed by atoms with van der Waals surface area (Å²) in [5.74, 6) is 0.419. The van der Waals surface area contributed by atoms with Crippen LogP contribution in [0, 0.1) is 0 Å². The molecule has 0 bridgehead atoms. The number of hydrogen-bond donors (Lipinski definition) is 2. The maximum Gasteiger partial charge on any atom is 0.335 e. The van der Waals surface area contributed by atoms with E-state index in [1.165, 1.54) is 18.2 Å². The second-order valence-corrected chi connectivity index (χ2v) is 6.94. The molecule has 28 heavy (non-hydrogen) atoms. The summed E-state index contributed by atoms with van der Waals surface area (Å²) in [4.78, 5) is 31.0. The number of aromatic nitrogens is 2. The van der Waals surface area contributed by atoms with Gasteiger partial charge in [0.25, 0.3) is 5.56 Å². The van der Waals surface area contributed by atoms with Gasteiger partial charge in [-0.2, -0.15) is 0 Å². The fourth-order valence-corrected chi connectivity index (χ4v) is 2.80. The number of nitrogens with one attached hydrogen (secondary N) is 1. The fourth-order valence-electron chi connectivity index (χ4n) is 2.80. The maximum absolute atomic E-state index is 12.6. The summed E-state index contributed by atoms with van der Waals surface area (Å²) in [7, 11) is 0. The third kappa shape index (κ3) is 4.14. The molecule has 0 atom stereocenters. The lowest BCUT2D eigenvalue weighted by molar-refractivity contribution is 0.0697. The Balaban J connectivity index is 2.17. The first-order chi connectivity index (χ1) is 13.2. The summed E-state index contributed by atoms with van der Waals surface area (Å²) >= 11 is 0. The van der Waals surface area contributed by atoms with Crippen LogP contribution in [0.1, 0.15) is 38.1 Å². The summed E-state index contributed by atoms with van der Waals surface area (Å²) in [6, 6.07) is 9.62. The molecule has 7 nitrogen and oxygen atoms in total. The minimum Gasteiger partial charge on any atom is -0.491 e. The number of carbonyl (C=O) groups is 1. The number of ether oxygens (including phenoxy) is 2. The minimum absolute atomic E-state index is 0.0113. The van der Waals surface area contributed by atoms with Gasteiger partial charge < -0.3 is 19.6 Å². The topological polar surface area (TPSA) is 102 Å². The number of aromatic carboxylic acids is 1. The fraction of sp³-hybridized carbons (Fsp3) is 0.286. The van der Waals surface area contributed by atoms with Gasteiger partial charge in [0.05, 0.1) is 34.2 Å². The first-order valence-electron chi connectivity index (χ1n) is 8.99. The average molecular weight is 382 g/mol. The molecule has 3 aromatic rings. The third-order valence-electron chi connectivity index (χ3n) is 3.89. The van der Waals surface area contributed by atoms with Crippen LogP contribution < -0.4 is 15.0 Å². The molecule has 2 aromatic carbocycles. The van der Waals surface area contributed by atoms with Crippen molar-refractivity contribution in [2.75, 3.05) is 0 Å². The third-order valence-corrected chi connectivity index (χ3v) is 3.89. The van der Waals surface area contributed by atoms with Gasteiger partial charge in [-0.25, -0.2) is 9.78 Å². The highest BCUT2D eigenvalue weighted by Gasteiger charge is 2.15. The zero-order valence-electron chi connectivity index (χ0n) is 16.1. The molecule has 0 radical (unpaired) electrons. The SMILES string of the molecule is CC(C)Oc1ccc(OC(C)C)c(-c2nc3ccc(C(=O)O)cc3c(=O)[nH]2)c1. The Morgan fingerprint density at radius 1 is 1.04 bits per heavy atom. The van der Waals surface area contributed by atoms with Crippen molar-refractivity contribution in [2.24, 2.45) is 0 Å². The molecule has 0 saturated heterocycles. The normalized spacial score (nSPS) is 11.2. The van der Waals surface area contributed by atoms with Gasteiger partial charge in [-0.05, 0) is 64.1 Å². The number of rotatable bonds is 6. The average Bonchev–Trinajstić information content (AvgIpc) is 2.61. The second kappa shape index (κ2) is 7.72. The lowest BCUT2D eigenvalue weighted by Gasteiger charge is -2.17. The molecule has 3 rings (SSSR count). The number of hydrogen-bond acceptors (Lipinski definition) is 5. The highest BCUT2D eigenvalue weighted by molar-refractivity contribution is 5.93. The standard InChI is InChI=1S/C21H22N2O5/c1-11(2)27-14-6-8-18(28-12(3)4)16(10-14)19-22-17-7-5-13(21(25)26)9-15(17)20(24)23-19/h5-12H,1-4H3,(H,25,26)(H,22,23,24). The van der Waals surface area contributed by atoms with E-state index in [1.807, 2.05) is 27.7 Å². The van der Waals surface area contributed by atoms with Crippen LogP contribution in [-0.4, -0.2) is 33.3 Å². The van der Waals surface area contributed by atoms with Crippen molar-refractivity contribution in [1.82, 2.24) is 9.97 Å². The first-order valence-corrected chi connectivity index (χ1v) is 8.99. The van der Waals surface area contributed by atoms with Crippen molar-refractivity contribution in [3.05, 3.63) is 52.3 Å². The van der Waals surface area contributed by atoms with Crippen molar-refractivity contribution in [3.63, 3.8) is 0 Å². The van der Waals surface area contributed by atoms with E-state index >= 15 is 0 Å². The first kappa shape index (κ1) is 19.4. The molecule has 146 valence electrons. The van der Waals surface area contributed by atoms with Crippen LogP contribution >= 0.6 is 0 Å². The lowest BCUT2D eigenvalue weighted by Crippen LogP contribution is -2.13. The van der Waals surface area contributed by atoms with Gasteiger partial charge in [0, 0.05) is 0 Å². The molecule has 0 amide bonds. The van der Waals surface area contributed by atoms with E-state index in [-0.39, 0.29) is 23.2 Å². The minimum atomic E-state index is -1.10. The number of fused-ring (bicyclic) bond motifs is 1. The van der Waals surface area contributed by atoms with E-state index < -0.39 is 11.5 Å². The van der Waals surface area contributed by atoms with Gasteiger partial charge in [0.2, 0.25) is 0 Å². The molecule has 0 saturated carbocycles. The molecule has 0 spiro atoms. The Morgan fingerprint density at radius 2 is 1.75 bits per heavy atom. The zero-order chi connectivity index (χ0) is 20.4. The van der Waals surface area contributed by atoms with Gasteiger partial charge in [-0.3, -0.25) is 4.79 Å². The molecule has 0 unspecified atom stereocenters. The van der Waals surface area contributed by atoms with Crippen LogP contribution in [0.25, 0.3) is 22.3 Å². The van der Waals surface area contributed by atoms with Crippen LogP contribution in [0.5, 0.6) is 11.5 Å². The highest BCUT2D eigenvalue weighted by Crippen LogP contribution is 2.33. The van der Waals surface area contributed by atoms with E-state index in [9.17, 15) is 9.59 Å². The summed E-state index contributed by atoms with van der Waals surface area (Å²) < 4.78 is 11.6. The van der Waals surface area contributed by atoms with Crippen LogP contribution in [0.2, 0.25) is 0 Å². The van der Waals surface area contributed by atoms with Gasteiger partial charge in [0.15, 0.2) is 0 Å². The molecule has 1 aromatic heterocycles. The smallest absolute Gasteiger partial charge is 0.335 e. The predicted molar refractivity (Wildman–Crippen MR) is 106 cm³/mol. The molecule has 1 heterocycles. The Bertz CT molecular complexity index is 1090. The Kier molecular flexibility index (Phi) is 5.35. The largest absolute Gasteiger partial charge is 0.491 e. The highest BCUT2D eigenvalue weighted by atomic mass is 16.5. The molecule has 0 aliphatic carbocycles. The number of aromatic amines is 1. The number of carboxylic acid groups (broad SMARTS) is 1. The van der Waals surface area contributed by atoms with Gasteiger partial charge >= 0.3 is 5.97 Å². The second-order valence-electron chi connectivity index (χ2n) is 6.94. The van der Waals surface area contributed by atoms with Crippen molar-refractivity contribution in [3.8, 4) is 22.9 Å². The monoisotopic (exact) mass is 382 g/mol. The van der Waals surface area contributed by atoms with Crippen molar-refractivity contribution in [1.29, 1.82) is 0 Å². The van der Waals surface area contributed by atoms with Crippen LogP contribution in [0.4, 0.5) is 0 Å². The Morgan fingerprint density at radius 3 is 2.39 bits per heavy atom. The number of carboxylic acids is 1. The number of benzene rings is 2. The van der Waals surface area contributed by atoms with Crippen molar-refractivity contribution < 1.29 is 19.4 Å². The maximum atomic E-state index is 12.6. The number of nitrogens with zero attached hydrogens (tertiary/aromatic N) is 1. The molecular formula is C21H22N2O5. The van der Waals surface area contributed by atoms with Crippen LogP contribution in [0.3, 0.4) is 0 Å². The number of H-pyrrole nitrogens is 1. The molecule has 2 N–H and O–H groups in total. The van der Waals surface area contributed by atoms with Gasteiger partial charge in [-0.15, -0.1) is 0 Å². The van der Waals surface area contributed by atoms with Gasteiger partial charge in [-0.1, -0.05) is 0 Å². The summed E-state index contributed by atoms with van der Waals surface area (Å²) in [6.45, 7) is 7.67. The van der Waals surface area contributed by atoms with E-state index in [4.69, 9.17) is 14.6 Å². The molecule has 0 fully saturated rings. The Hall–Kier alpha value is -3.35. The zero-order valence-corrected chi connectivity index (χ0v) is 16.1. The predicted octanol–water partition coefficient (Wildman–Crippen LogP) is 3.86. The summed E-state index contributed by atoms with van der Waals surface area (Å²) in [6.07, 6.45) is -0.0799. The van der Waals surface area contributed by atoms with Crippen molar-refractivity contribution >= 4 is 16.9 Å². The van der Waals surface area contributed by atoms with E-state index in [0.717, 1.165) is 0 Å². The molecule has 0 aliphatic rings. The van der Waals surface area contributed by atoms with E-state index in [0.29, 0.717) is 28.4 Å². The van der Waals surface area contributed by atoms with Crippen LogP contribution in [-0.2, 0) is 0 Å². The molecule has 7 heteroatoms.